The number of aromatic nitrogens is 1. The van der Waals surface area contributed by atoms with E-state index in [9.17, 15) is 13.6 Å². The Morgan fingerprint density at radius 2 is 2.00 bits per heavy atom. The second-order valence-corrected chi connectivity index (χ2v) is 5.49. The van der Waals surface area contributed by atoms with E-state index in [0.717, 1.165) is 12.1 Å². The summed E-state index contributed by atoms with van der Waals surface area (Å²) in [6.07, 6.45) is 0.278. The van der Waals surface area contributed by atoms with Crippen LogP contribution in [0.1, 0.15) is 34.1 Å². The highest BCUT2D eigenvalue weighted by atomic mass is 19.1. The molecule has 1 aromatic rings. The van der Waals surface area contributed by atoms with Crippen molar-refractivity contribution < 1.29 is 13.6 Å². The van der Waals surface area contributed by atoms with Crippen molar-refractivity contribution in [3.63, 3.8) is 0 Å². The Morgan fingerprint density at radius 3 is 2.50 bits per heavy atom. The minimum Gasteiger partial charge on any atom is -0.322 e. The van der Waals surface area contributed by atoms with E-state index in [1.54, 1.807) is 0 Å². The van der Waals surface area contributed by atoms with Gasteiger partial charge in [0.15, 0.2) is 0 Å². The molecule has 1 aromatic heterocycles. The van der Waals surface area contributed by atoms with Crippen LogP contribution in [-0.4, -0.2) is 10.9 Å². The molecule has 0 aliphatic rings. The molecule has 0 bridgehead atoms. The predicted molar refractivity (Wildman–Crippen MR) is 66.0 cm³/mol. The van der Waals surface area contributed by atoms with Crippen LogP contribution in [0.15, 0.2) is 12.1 Å². The number of hydrogen-bond acceptors (Lipinski definition) is 2. The summed E-state index contributed by atoms with van der Waals surface area (Å²) in [5.41, 5.74) is -0.0979. The monoisotopic (exact) mass is 256 g/mol. The molecule has 0 fully saturated rings. The molecule has 1 unspecified atom stereocenters. The van der Waals surface area contributed by atoms with Crippen molar-refractivity contribution in [2.75, 3.05) is 5.32 Å². The Balaban J connectivity index is 2.65. The first-order chi connectivity index (χ1) is 8.20. The van der Waals surface area contributed by atoms with Gasteiger partial charge in [0.1, 0.15) is 0 Å². The van der Waals surface area contributed by atoms with Gasteiger partial charge in [0, 0.05) is 6.42 Å². The van der Waals surface area contributed by atoms with Crippen molar-refractivity contribution in [1.82, 2.24) is 4.98 Å². The van der Waals surface area contributed by atoms with Gasteiger partial charge in [-0.3, -0.25) is 4.79 Å². The fraction of sp³-hybridized carbons (Fsp3) is 0.538. The Kier molecular flexibility index (Phi) is 4.38. The molecule has 1 atom stereocenters. The number of pyridine rings is 1. The van der Waals surface area contributed by atoms with Crippen molar-refractivity contribution in [3.8, 4) is 0 Å². The summed E-state index contributed by atoms with van der Waals surface area (Å²) >= 11 is 0. The number of carbonyl (C=O) groups is 1. The fourth-order valence-corrected chi connectivity index (χ4v) is 1.29. The van der Waals surface area contributed by atoms with Crippen LogP contribution in [0.4, 0.5) is 14.5 Å². The summed E-state index contributed by atoms with van der Waals surface area (Å²) < 4.78 is 25.8. The first kappa shape index (κ1) is 14.5. The Morgan fingerprint density at radius 1 is 1.39 bits per heavy atom. The van der Waals surface area contributed by atoms with E-state index in [0.29, 0.717) is 0 Å². The molecule has 18 heavy (non-hydrogen) atoms. The molecule has 0 saturated carbocycles. The largest absolute Gasteiger partial charge is 0.322 e. The zero-order valence-corrected chi connectivity index (χ0v) is 11.1. The van der Waals surface area contributed by atoms with E-state index in [1.807, 2.05) is 27.7 Å². The van der Waals surface area contributed by atoms with E-state index in [2.05, 4.69) is 10.3 Å². The smallest absolute Gasteiger partial charge is 0.239 e. The average molecular weight is 256 g/mol. The molecule has 1 rings (SSSR count). The van der Waals surface area contributed by atoms with Crippen LogP contribution < -0.4 is 5.32 Å². The van der Waals surface area contributed by atoms with Crippen molar-refractivity contribution in [2.45, 2.75) is 34.1 Å². The van der Waals surface area contributed by atoms with Gasteiger partial charge >= 0.3 is 0 Å². The molecule has 1 amide bonds. The van der Waals surface area contributed by atoms with Crippen molar-refractivity contribution in [3.05, 3.63) is 24.0 Å². The predicted octanol–water partition coefficient (Wildman–Crippen LogP) is 3.37. The minimum atomic E-state index is -1.01. The van der Waals surface area contributed by atoms with Crippen molar-refractivity contribution in [2.24, 2.45) is 11.3 Å². The molecule has 1 heterocycles. The molecule has 0 aliphatic carbocycles. The van der Waals surface area contributed by atoms with Crippen LogP contribution in [0, 0.1) is 23.2 Å². The number of rotatable bonds is 3. The lowest BCUT2D eigenvalue weighted by atomic mass is 9.80. The standard InChI is InChI=1S/C13H18F2N2O/c1-8(13(2,3)4)7-11(18)16-9-5-6-10(14)17-12(9)15/h5-6,8H,7H2,1-4H3,(H,16,18). The van der Waals surface area contributed by atoms with Gasteiger partial charge in [-0.05, 0) is 23.5 Å². The summed E-state index contributed by atoms with van der Waals surface area (Å²) in [6.45, 7) is 8.06. The number of halogens is 2. The maximum absolute atomic E-state index is 13.2. The third-order valence-electron chi connectivity index (χ3n) is 3.06. The maximum Gasteiger partial charge on any atom is 0.239 e. The Bertz CT molecular complexity index is 441. The fourth-order valence-electron chi connectivity index (χ4n) is 1.29. The zero-order chi connectivity index (χ0) is 13.9. The first-order valence-electron chi connectivity index (χ1n) is 5.82. The second kappa shape index (κ2) is 5.42. The Hall–Kier alpha value is -1.52. The molecule has 0 saturated heterocycles. The molecule has 0 aliphatic heterocycles. The lowest BCUT2D eigenvalue weighted by Crippen LogP contribution is -2.24. The summed E-state index contributed by atoms with van der Waals surface area (Å²) in [6, 6.07) is 2.17. The molecule has 1 N–H and O–H groups in total. The number of amides is 1. The molecular formula is C13H18F2N2O. The number of nitrogens with zero attached hydrogens (tertiary/aromatic N) is 1. The summed E-state index contributed by atoms with van der Waals surface area (Å²) in [7, 11) is 0. The van der Waals surface area contributed by atoms with Gasteiger partial charge in [0.05, 0.1) is 5.69 Å². The van der Waals surface area contributed by atoms with Crippen LogP contribution >= 0.6 is 0 Å². The summed E-state index contributed by atoms with van der Waals surface area (Å²) in [4.78, 5) is 14.7. The van der Waals surface area contributed by atoms with E-state index >= 15 is 0 Å². The molecule has 100 valence electrons. The first-order valence-corrected chi connectivity index (χ1v) is 5.82. The van der Waals surface area contributed by atoms with Crippen LogP contribution in [0.2, 0.25) is 0 Å². The SMILES string of the molecule is CC(CC(=O)Nc1ccc(F)nc1F)C(C)(C)C. The lowest BCUT2D eigenvalue weighted by Gasteiger charge is -2.26. The third-order valence-corrected chi connectivity index (χ3v) is 3.06. The number of hydrogen-bond donors (Lipinski definition) is 1. The van der Waals surface area contributed by atoms with E-state index in [1.165, 1.54) is 0 Å². The maximum atomic E-state index is 13.2. The van der Waals surface area contributed by atoms with E-state index in [4.69, 9.17) is 0 Å². The van der Waals surface area contributed by atoms with Crippen LogP contribution in [-0.2, 0) is 4.79 Å². The average Bonchev–Trinajstić information content (AvgIpc) is 2.20. The molecule has 5 heteroatoms. The van der Waals surface area contributed by atoms with Gasteiger partial charge in [0.25, 0.3) is 0 Å². The van der Waals surface area contributed by atoms with Gasteiger partial charge < -0.3 is 5.32 Å². The normalized spacial score (nSPS) is 13.2. The van der Waals surface area contributed by atoms with Crippen LogP contribution in [0.25, 0.3) is 0 Å². The number of carbonyl (C=O) groups excluding carboxylic acids is 1. The summed E-state index contributed by atoms with van der Waals surface area (Å²) in [5, 5.41) is 2.40. The van der Waals surface area contributed by atoms with Gasteiger partial charge in [-0.15, -0.1) is 0 Å². The van der Waals surface area contributed by atoms with Crippen molar-refractivity contribution in [1.29, 1.82) is 0 Å². The quantitative estimate of drug-likeness (QED) is 0.842. The summed E-state index contributed by atoms with van der Waals surface area (Å²) in [5.74, 6) is -2.07. The van der Waals surface area contributed by atoms with Crippen LogP contribution in [0.5, 0.6) is 0 Å². The molecule has 0 aromatic carbocycles. The molecule has 0 spiro atoms. The number of nitrogens with one attached hydrogen (secondary N) is 1. The zero-order valence-electron chi connectivity index (χ0n) is 11.1. The minimum absolute atomic E-state index is 0.00304. The highest BCUT2D eigenvalue weighted by Crippen LogP contribution is 2.28. The highest BCUT2D eigenvalue weighted by Gasteiger charge is 2.23. The van der Waals surface area contributed by atoms with Gasteiger partial charge in [-0.1, -0.05) is 27.7 Å². The van der Waals surface area contributed by atoms with E-state index in [-0.39, 0.29) is 29.3 Å². The molecule has 0 radical (unpaired) electrons. The third kappa shape index (κ3) is 4.05. The van der Waals surface area contributed by atoms with Gasteiger partial charge in [-0.2, -0.15) is 13.8 Å². The van der Waals surface area contributed by atoms with Crippen LogP contribution in [0.3, 0.4) is 0 Å². The number of anilines is 1. The molecule has 3 nitrogen and oxygen atoms in total. The van der Waals surface area contributed by atoms with Gasteiger partial charge in [-0.25, -0.2) is 0 Å². The van der Waals surface area contributed by atoms with Crippen molar-refractivity contribution >= 4 is 11.6 Å². The van der Waals surface area contributed by atoms with E-state index < -0.39 is 11.9 Å². The van der Waals surface area contributed by atoms with Gasteiger partial charge in [0.2, 0.25) is 17.8 Å². The second-order valence-electron chi connectivity index (χ2n) is 5.49. The Labute approximate surface area is 106 Å². The molecular weight excluding hydrogens is 238 g/mol. The highest BCUT2D eigenvalue weighted by molar-refractivity contribution is 5.90. The lowest BCUT2D eigenvalue weighted by molar-refractivity contribution is -0.117. The topological polar surface area (TPSA) is 42.0 Å².